The van der Waals surface area contributed by atoms with E-state index in [0.717, 1.165) is 0 Å². The number of nitrogens with zero attached hydrogens (tertiary/aromatic N) is 1. The number of nitro groups is 1. The summed E-state index contributed by atoms with van der Waals surface area (Å²) in [5.74, 6) is 0. The standard InChI is InChI=1S/C6H4ClNO2S.Na.H/c7-4-2-1-3-5(11)6(4)8(9)10;;/h1-3,11H;;/q;+1;-1. The Morgan fingerprint density at radius 3 is 2.50 bits per heavy atom. The zero-order valence-corrected chi connectivity index (χ0v) is 9.97. The van der Waals surface area contributed by atoms with Gasteiger partial charge in [-0.15, -0.1) is 12.6 Å². The molecule has 1 aromatic rings. The average molecular weight is 214 g/mol. The molecule has 0 amide bonds. The predicted octanol–water partition coefficient (Wildman–Crippen LogP) is -0.347. The van der Waals surface area contributed by atoms with Crippen LogP contribution in [0.15, 0.2) is 23.1 Å². The van der Waals surface area contributed by atoms with Gasteiger partial charge in [-0.3, -0.25) is 10.1 Å². The first-order chi connectivity index (χ1) is 5.13. The molecule has 6 heteroatoms. The van der Waals surface area contributed by atoms with Crippen molar-refractivity contribution in [3.05, 3.63) is 33.3 Å². The second kappa shape index (κ2) is 5.09. The van der Waals surface area contributed by atoms with E-state index in [2.05, 4.69) is 12.6 Å². The Hall–Kier alpha value is 0.260. The molecule has 0 unspecified atom stereocenters. The summed E-state index contributed by atoms with van der Waals surface area (Å²) in [6, 6.07) is 4.59. The van der Waals surface area contributed by atoms with Gasteiger partial charge in [-0.2, -0.15) is 0 Å². The van der Waals surface area contributed by atoms with E-state index in [1.807, 2.05) is 0 Å². The molecule has 0 aliphatic rings. The number of hydrogen-bond acceptors (Lipinski definition) is 3. The minimum absolute atomic E-state index is 0. The van der Waals surface area contributed by atoms with Crippen molar-refractivity contribution < 1.29 is 35.9 Å². The molecule has 0 heterocycles. The maximum Gasteiger partial charge on any atom is 1.00 e. The third-order valence-corrected chi connectivity index (χ3v) is 1.81. The van der Waals surface area contributed by atoms with Crippen LogP contribution in [0, 0.1) is 10.1 Å². The van der Waals surface area contributed by atoms with Crippen molar-refractivity contribution in [1.82, 2.24) is 0 Å². The fourth-order valence-electron chi connectivity index (χ4n) is 0.685. The average Bonchev–Trinajstić information content (AvgIpc) is 1.85. The number of thiol groups is 1. The molecular formula is C6H5ClNNaO2S. The van der Waals surface area contributed by atoms with Gasteiger partial charge in [0.15, 0.2) is 0 Å². The summed E-state index contributed by atoms with van der Waals surface area (Å²) in [6.45, 7) is 0. The van der Waals surface area contributed by atoms with Crippen LogP contribution in [-0.4, -0.2) is 4.92 Å². The van der Waals surface area contributed by atoms with Crippen molar-refractivity contribution in [2.24, 2.45) is 0 Å². The number of rotatable bonds is 1. The quantitative estimate of drug-likeness (QED) is 0.300. The van der Waals surface area contributed by atoms with Gasteiger partial charge in [0, 0.05) is 0 Å². The van der Waals surface area contributed by atoms with Crippen LogP contribution < -0.4 is 29.6 Å². The summed E-state index contributed by atoms with van der Waals surface area (Å²) in [7, 11) is 0. The fraction of sp³-hybridized carbons (Fsp3) is 0. The molecule has 0 saturated carbocycles. The first kappa shape index (κ1) is 12.3. The van der Waals surface area contributed by atoms with Crippen molar-refractivity contribution in [2.75, 3.05) is 0 Å². The number of benzene rings is 1. The van der Waals surface area contributed by atoms with Gasteiger partial charge in [-0.1, -0.05) is 17.7 Å². The SMILES string of the molecule is O=[N+]([O-])c1c(S)cccc1Cl.[H-].[Na+]. The van der Waals surface area contributed by atoms with Crippen LogP contribution >= 0.6 is 24.2 Å². The summed E-state index contributed by atoms with van der Waals surface area (Å²) < 4.78 is 0. The fourth-order valence-corrected chi connectivity index (χ4v) is 1.28. The smallest absolute Gasteiger partial charge is 1.00 e. The van der Waals surface area contributed by atoms with E-state index >= 15 is 0 Å². The minimum atomic E-state index is -0.551. The number of hydrogen-bond donors (Lipinski definition) is 1. The summed E-state index contributed by atoms with van der Waals surface area (Å²) in [5.41, 5.74) is -0.141. The zero-order valence-electron chi connectivity index (χ0n) is 7.32. The monoisotopic (exact) mass is 213 g/mol. The molecule has 1 aromatic carbocycles. The van der Waals surface area contributed by atoms with E-state index in [4.69, 9.17) is 11.6 Å². The molecule has 60 valence electrons. The second-order valence-electron chi connectivity index (χ2n) is 1.86. The Morgan fingerprint density at radius 2 is 2.17 bits per heavy atom. The largest absolute Gasteiger partial charge is 1.00 e. The van der Waals surface area contributed by atoms with E-state index in [1.165, 1.54) is 12.1 Å². The third-order valence-electron chi connectivity index (χ3n) is 1.15. The molecule has 1 rings (SSSR count). The Kier molecular flexibility index (Phi) is 5.20. The molecule has 0 spiro atoms. The van der Waals surface area contributed by atoms with E-state index in [9.17, 15) is 10.1 Å². The number of para-hydroxylation sites is 1. The summed E-state index contributed by atoms with van der Waals surface area (Å²) in [6.07, 6.45) is 0. The molecule has 0 radical (unpaired) electrons. The van der Waals surface area contributed by atoms with Gasteiger partial charge in [-0.05, 0) is 12.1 Å². The molecule has 12 heavy (non-hydrogen) atoms. The second-order valence-corrected chi connectivity index (χ2v) is 2.75. The van der Waals surface area contributed by atoms with Gasteiger partial charge in [0.05, 0.1) is 9.82 Å². The first-order valence-corrected chi connectivity index (χ1v) is 3.57. The predicted molar refractivity (Wildman–Crippen MR) is 46.5 cm³/mol. The molecule has 0 aliphatic heterocycles. The van der Waals surface area contributed by atoms with Gasteiger partial charge in [-0.25, -0.2) is 0 Å². The molecule has 0 saturated heterocycles. The summed E-state index contributed by atoms with van der Waals surface area (Å²) in [4.78, 5) is 10.0. The molecule has 0 aromatic heterocycles. The number of nitro benzene ring substituents is 1. The summed E-state index contributed by atoms with van der Waals surface area (Å²) in [5, 5.41) is 10.4. The normalized spacial score (nSPS) is 8.83. The van der Waals surface area contributed by atoms with Crippen molar-refractivity contribution >= 4 is 29.9 Å². The Bertz CT molecular complexity index is 292. The van der Waals surface area contributed by atoms with Gasteiger partial charge in [0.2, 0.25) is 0 Å². The van der Waals surface area contributed by atoms with Crippen LogP contribution in [0.4, 0.5) is 5.69 Å². The van der Waals surface area contributed by atoms with Crippen LogP contribution in [0.3, 0.4) is 0 Å². The third kappa shape index (κ3) is 2.64. The van der Waals surface area contributed by atoms with Gasteiger partial charge in [0.25, 0.3) is 0 Å². The van der Waals surface area contributed by atoms with Crippen LogP contribution in [0.1, 0.15) is 1.43 Å². The van der Waals surface area contributed by atoms with E-state index < -0.39 is 4.92 Å². The molecule has 0 atom stereocenters. The van der Waals surface area contributed by atoms with Crippen molar-refractivity contribution in [2.45, 2.75) is 4.90 Å². The molecule has 3 nitrogen and oxygen atoms in total. The van der Waals surface area contributed by atoms with E-state index in [0.29, 0.717) is 0 Å². The van der Waals surface area contributed by atoms with Crippen LogP contribution in [-0.2, 0) is 0 Å². The van der Waals surface area contributed by atoms with Crippen molar-refractivity contribution in [3.63, 3.8) is 0 Å². The van der Waals surface area contributed by atoms with Gasteiger partial charge < -0.3 is 1.43 Å². The Balaban J connectivity index is 0. The van der Waals surface area contributed by atoms with Crippen molar-refractivity contribution in [3.8, 4) is 0 Å². The molecule has 0 N–H and O–H groups in total. The summed E-state index contributed by atoms with van der Waals surface area (Å²) >= 11 is 9.41. The molecular weight excluding hydrogens is 209 g/mol. The zero-order chi connectivity index (χ0) is 8.43. The minimum Gasteiger partial charge on any atom is -1.00 e. The van der Waals surface area contributed by atoms with Gasteiger partial charge in [0.1, 0.15) is 5.02 Å². The van der Waals surface area contributed by atoms with Crippen molar-refractivity contribution in [1.29, 1.82) is 0 Å². The first-order valence-electron chi connectivity index (χ1n) is 2.75. The number of halogens is 1. The topological polar surface area (TPSA) is 43.1 Å². The van der Waals surface area contributed by atoms with Gasteiger partial charge >= 0.3 is 35.2 Å². The van der Waals surface area contributed by atoms with Crippen LogP contribution in [0.2, 0.25) is 5.02 Å². The maximum atomic E-state index is 10.3. The Labute approximate surface area is 103 Å². The van der Waals surface area contributed by atoms with E-state index in [1.54, 1.807) is 6.07 Å². The maximum absolute atomic E-state index is 10.3. The molecule has 0 bridgehead atoms. The van der Waals surface area contributed by atoms with Crippen LogP contribution in [0.25, 0.3) is 0 Å². The molecule has 0 fully saturated rings. The Morgan fingerprint density at radius 1 is 1.58 bits per heavy atom. The van der Waals surface area contributed by atoms with E-state index in [-0.39, 0.29) is 46.6 Å². The van der Waals surface area contributed by atoms with Crippen LogP contribution in [0.5, 0.6) is 0 Å². The molecule has 0 aliphatic carbocycles.